The molecule has 0 aromatic heterocycles. The van der Waals surface area contributed by atoms with E-state index in [1.165, 1.54) is 70.6 Å². The standard InChI is InChI=1S/C22H37P/c1-4-7-19-8-5-9-20(15-19)11-13-23(3)22-12-6-10-21(17-22)14-18(2)16-22/h7,14,18,20H,4-6,8-13,15-17H2,1-3H3/b19-7-. The van der Waals surface area contributed by atoms with Crippen LogP contribution >= 0.6 is 7.92 Å². The molecule has 23 heavy (non-hydrogen) atoms. The number of allylic oxidation sites excluding steroid dienone is 4. The van der Waals surface area contributed by atoms with Gasteiger partial charge in [-0.3, -0.25) is 0 Å². The van der Waals surface area contributed by atoms with Crippen molar-refractivity contribution in [3.63, 3.8) is 0 Å². The van der Waals surface area contributed by atoms with Gasteiger partial charge in [-0.15, -0.1) is 7.92 Å². The Bertz CT molecular complexity index is 461. The van der Waals surface area contributed by atoms with Crippen LogP contribution in [0.25, 0.3) is 0 Å². The molecule has 4 unspecified atom stereocenters. The quantitative estimate of drug-likeness (QED) is 0.366. The molecule has 3 aliphatic carbocycles. The highest BCUT2D eigenvalue weighted by atomic mass is 31.1. The molecule has 1 heteroatoms. The topological polar surface area (TPSA) is 0 Å². The number of hydrogen-bond donors (Lipinski definition) is 0. The molecule has 2 fully saturated rings. The molecule has 3 aliphatic rings. The Labute approximate surface area is 146 Å². The molecule has 3 rings (SSSR count). The van der Waals surface area contributed by atoms with Gasteiger partial charge < -0.3 is 0 Å². The Morgan fingerprint density at radius 3 is 3.00 bits per heavy atom. The van der Waals surface area contributed by atoms with E-state index in [9.17, 15) is 0 Å². The molecule has 0 aromatic rings. The first kappa shape index (κ1) is 17.7. The first-order valence-electron chi connectivity index (χ1n) is 10.2. The summed E-state index contributed by atoms with van der Waals surface area (Å²) >= 11 is 0. The maximum Gasteiger partial charge on any atom is -0.00542 e. The van der Waals surface area contributed by atoms with Crippen LogP contribution in [0.2, 0.25) is 0 Å². The minimum atomic E-state index is 0.208. The van der Waals surface area contributed by atoms with Crippen molar-refractivity contribution < 1.29 is 0 Å². The van der Waals surface area contributed by atoms with E-state index < -0.39 is 0 Å². The van der Waals surface area contributed by atoms with Crippen molar-refractivity contribution >= 4 is 7.92 Å². The zero-order chi connectivity index (χ0) is 16.3. The fraction of sp³-hybridized carbons (Fsp3) is 0.818. The van der Waals surface area contributed by atoms with Gasteiger partial charge in [0.15, 0.2) is 0 Å². The Hall–Kier alpha value is -0.0900. The lowest BCUT2D eigenvalue weighted by Crippen LogP contribution is -2.36. The third kappa shape index (κ3) is 4.31. The molecule has 0 aliphatic heterocycles. The Morgan fingerprint density at radius 2 is 2.17 bits per heavy atom. The van der Waals surface area contributed by atoms with Crippen LogP contribution in [0.4, 0.5) is 0 Å². The highest BCUT2D eigenvalue weighted by Gasteiger charge is 2.41. The van der Waals surface area contributed by atoms with E-state index in [4.69, 9.17) is 0 Å². The van der Waals surface area contributed by atoms with E-state index in [-0.39, 0.29) is 7.92 Å². The van der Waals surface area contributed by atoms with Gasteiger partial charge in [-0.25, -0.2) is 0 Å². The van der Waals surface area contributed by atoms with Crippen molar-refractivity contribution in [3.05, 3.63) is 23.3 Å². The highest BCUT2D eigenvalue weighted by Crippen LogP contribution is 2.61. The molecule has 0 heterocycles. The number of hydrogen-bond acceptors (Lipinski definition) is 0. The SMILES string of the molecule is CC/C=C1/CCCC(CCP(C)C23CCCC(=CC(C)C2)C3)C1. The van der Waals surface area contributed by atoms with Gasteiger partial charge >= 0.3 is 0 Å². The van der Waals surface area contributed by atoms with Crippen molar-refractivity contribution in [1.29, 1.82) is 0 Å². The van der Waals surface area contributed by atoms with E-state index >= 15 is 0 Å². The van der Waals surface area contributed by atoms with E-state index in [1.807, 2.05) is 5.57 Å². The molecule has 0 N–H and O–H groups in total. The van der Waals surface area contributed by atoms with Crippen LogP contribution in [0, 0.1) is 11.8 Å². The average molecular weight is 333 g/mol. The van der Waals surface area contributed by atoms with Crippen LogP contribution in [-0.2, 0) is 0 Å². The van der Waals surface area contributed by atoms with Crippen molar-refractivity contribution in [2.75, 3.05) is 12.8 Å². The molecule has 0 saturated heterocycles. The van der Waals surface area contributed by atoms with Crippen molar-refractivity contribution in [2.45, 2.75) is 89.6 Å². The summed E-state index contributed by atoms with van der Waals surface area (Å²) in [7, 11) is 0.208. The van der Waals surface area contributed by atoms with Crippen LogP contribution < -0.4 is 0 Å². The zero-order valence-electron chi connectivity index (χ0n) is 15.7. The Balaban J connectivity index is 1.56. The Morgan fingerprint density at radius 1 is 1.30 bits per heavy atom. The van der Waals surface area contributed by atoms with Gasteiger partial charge in [-0.1, -0.05) is 37.1 Å². The van der Waals surface area contributed by atoms with E-state index in [0.717, 1.165) is 17.0 Å². The van der Waals surface area contributed by atoms with Crippen LogP contribution in [0.3, 0.4) is 0 Å². The van der Waals surface area contributed by atoms with Crippen LogP contribution in [-0.4, -0.2) is 18.0 Å². The van der Waals surface area contributed by atoms with E-state index in [0.29, 0.717) is 0 Å². The second kappa shape index (κ2) is 7.86. The average Bonchev–Trinajstić information content (AvgIpc) is 2.52. The maximum atomic E-state index is 2.65. The largest absolute Gasteiger partial charge is 0.103 e. The molecule has 0 aromatic carbocycles. The lowest BCUT2D eigenvalue weighted by Gasteiger charge is -2.48. The van der Waals surface area contributed by atoms with E-state index in [1.54, 1.807) is 11.7 Å². The van der Waals surface area contributed by atoms with Gasteiger partial charge in [0.1, 0.15) is 0 Å². The molecular weight excluding hydrogens is 295 g/mol. The highest BCUT2D eigenvalue weighted by molar-refractivity contribution is 7.58. The number of rotatable bonds is 5. The van der Waals surface area contributed by atoms with Crippen LogP contribution in [0.1, 0.15) is 84.5 Å². The Kier molecular flexibility index (Phi) is 6.06. The normalized spacial score (nSPS) is 37.5. The van der Waals surface area contributed by atoms with Gasteiger partial charge in [0, 0.05) is 0 Å². The zero-order valence-corrected chi connectivity index (χ0v) is 16.6. The summed E-state index contributed by atoms with van der Waals surface area (Å²) in [6, 6.07) is 0. The molecule has 4 atom stereocenters. The molecule has 130 valence electrons. The molecule has 2 saturated carbocycles. The molecule has 0 nitrogen and oxygen atoms in total. The monoisotopic (exact) mass is 332 g/mol. The van der Waals surface area contributed by atoms with Crippen molar-refractivity contribution in [3.8, 4) is 0 Å². The third-order valence-corrected chi connectivity index (χ3v) is 9.87. The van der Waals surface area contributed by atoms with Crippen molar-refractivity contribution in [2.24, 2.45) is 11.8 Å². The summed E-state index contributed by atoms with van der Waals surface area (Å²) in [5.41, 5.74) is 3.59. The van der Waals surface area contributed by atoms with Crippen LogP contribution in [0.15, 0.2) is 23.3 Å². The molecule has 0 spiro atoms. The summed E-state index contributed by atoms with van der Waals surface area (Å²) in [5, 5.41) is 0.730. The molecule has 0 amide bonds. The second-order valence-electron chi connectivity index (χ2n) is 8.70. The summed E-state index contributed by atoms with van der Waals surface area (Å²) in [5.74, 6) is 1.85. The first-order chi connectivity index (χ1) is 11.1. The minimum absolute atomic E-state index is 0.208. The van der Waals surface area contributed by atoms with Gasteiger partial charge in [0.25, 0.3) is 0 Å². The summed E-state index contributed by atoms with van der Waals surface area (Å²) in [6.07, 6.45) is 22.5. The molecule has 2 bridgehead atoms. The fourth-order valence-corrected chi connectivity index (χ4v) is 8.47. The van der Waals surface area contributed by atoms with Gasteiger partial charge in [-0.05, 0) is 100 Å². The van der Waals surface area contributed by atoms with Gasteiger partial charge in [-0.2, -0.15) is 0 Å². The number of fused-ring (bicyclic) bond motifs is 2. The lowest BCUT2D eigenvalue weighted by atomic mass is 9.74. The maximum absolute atomic E-state index is 2.65. The second-order valence-corrected chi connectivity index (χ2v) is 11.5. The first-order valence-corrected chi connectivity index (χ1v) is 12.2. The predicted molar refractivity (Wildman–Crippen MR) is 106 cm³/mol. The van der Waals surface area contributed by atoms with Gasteiger partial charge in [0.05, 0.1) is 0 Å². The van der Waals surface area contributed by atoms with Crippen LogP contribution in [0.5, 0.6) is 0 Å². The van der Waals surface area contributed by atoms with Crippen molar-refractivity contribution in [1.82, 2.24) is 0 Å². The molecular formula is C22H37P. The smallest absolute Gasteiger partial charge is 0.00542 e. The minimum Gasteiger partial charge on any atom is -0.103 e. The fourth-order valence-electron chi connectivity index (χ4n) is 5.63. The third-order valence-electron chi connectivity index (χ3n) is 6.75. The predicted octanol–water partition coefficient (Wildman–Crippen LogP) is 7.29. The summed E-state index contributed by atoms with van der Waals surface area (Å²) in [6.45, 7) is 7.41. The lowest BCUT2D eigenvalue weighted by molar-refractivity contribution is 0.363. The van der Waals surface area contributed by atoms with Gasteiger partial charge in [0.2, 0.25) is 0 Å². The van der Waals surface area contributed by atoms with E-state index in [2.05, 4.69) is 32.7 Å². The molecule has 0 radical (unpaired) electrons. The summed E-state index contributed by atoms with van der Waals surface area (Å²) < 4.78 is 0. The summed E-state index contributed by atoms with van der Waals surface area (Å²) in [4.78, 5) is 0.